The molecule has 0 fully saturated rings. The number of rotatable bonds is 1. The molecule has 0 unspecified atom stereocenters. The zero-order valence-electron chi connectivity index (χ0n) is 14.1. The Morgan fingerprint density at radius 1 is 1.19 bits per heavy atom. The van der Waals surface area contributed by atoms with Gasteiger partial charge < -0.3 is 9.88 Å². The van der Waals surface area contributed by atoms with Gasteiger partial charge in [0.2, 0.25) is 0 Å². The van der Waals surface area contributed by atoms with Crippen molar-refractivity contribution in [2.75, 3.05) is 6.54 Å². The van der Waals surface area contributed by atoms with Gasteiger partial charge in [0.15, 0.2) is 0 Å². The van der Waals surface area contributed by atoms with Gasteiger partial charge in [-0.3, -0.25) is 4.79 Å². The number of halogens is 2. The Labute approximate surface area is 148 Å². The first-order valence-corrected chi connectivity index (χ1v) is 8.32. The third kappa shape index (κ3) is 2.36. The summed E-state index contributed by atoms with van der Waals surface area (Å²) in [6.45, 7) is 2.99. The fourth-order valence-electron chi connectivity index (χ4n) is 3.67. The van der Waals surface area contributed by atoms with E-state index in [1.54, 1.807) is 12.1 Å². The lowest BCUT2D eigenvalue weighted by Crippen LogP contribution is -2.23. The van der Waals surface area contributed by atoms with E-state index in [0.29, 0.717) is 35.4 Å². The molecule has 26 heavy (non-hydrogen) atoms. The van der Waals surface area contributed by atoms with Crippen LogP contribution >= 0.6 is 0 Å². The van der Waals surface area contributed by atoms with Crippen molar-refractivity contribution in [1.82, 2.24) is 9.88 Å². The number of hydrogen-bond acceptors (Lipinski definition) is 2. The van der Waals surface area contributed by atoms with Gasteiger partial charge in [-0.25, -0.2) is 8.78 Å². The molecule has 130 valence electrons. The van der Waals surface area contributed by atoms with Gasteiger partial charge in [0.25, 0.3) is 5.91 Å². The minimum absolute atomic E-state index is 0.180. The molecular formula is C20H15F2N3O. The summed E-state index contributed by atoms with van der Waals surface area (Å²) in [7, 11) is 0. The van der Waals surface area contributed by atoms with E-state index in [-0.39, 0.29) is 11.5 Å². The predicted molar refractivity (Wildman–Crippen MR) is 93.7 cm³/mol. The van der Waals surface area contributed by atoms with E-state index in [1.165, 1.54) is 12.1 Å². The molecule has 2 aromatic carbocycles. The Morgan fingerprint density at radius 2 is 2.00 bits per heavy atom. The molecule has 4 rings (SSSR count). The molecule has 4 nitrogen and oxygen atoms in total. The fourth-order valence-corrected chi connectivity index (χ4v) is 3.67. The average Bonchev–Trinajstić information content (AvgIpc) is 2.76. The molecule has 1 aromatic heterocycles. The zero-order chi connectivity index (χ0) is 18.4. The first-order chi connectivity index (χ1) is 12.5. The Morgan fingerprint density at radius 3 is 2.73 bits per heavy atom. The Balaban J connectivity index is 2.14. The second-order valence-electron chi connectivity index (χ2n) is 6.39. The van der Waals surface area contributed by atoms with Crippen LogP contribution in [0.1, 0.15) is 28.0 Å². The summed E-state index contributed by atoms with van der Waals surface area (Å²) < 4.78 is 29.7. The summed E-state index contributed by atoms with van der Waals surface area (Å²) in [6.07, 6.45) is 0.743. The van der Waals surface area contributed by atoms with Crippen LogP contribution in [0.3, 0.4) is 0 Å². The molecule has 0 bridgehead atoms. The topological polar surface area (TPSA) is 57.8 Å². The van der Waals surface area contributed by atoms with Crippen LogP contribution in [0.2, 0.25) is 0 Å². The number of benzene rings is 2. The number of amides is 1. The van der Waals surface area contributed by atoms with Gasteiger partial charge in [-0.2, -0.15) is 5.26 Å². The van der Waals surface area contributed by atoms with E-state index in [4.69, 9.17) is 0 Å². The van der Waals surface area contributed by atoms with Crippen LogP contribution in [0.15, 0.2) is 30.3 Å². The lowest BCUT2D eigenvalue weighted by atomic mass is 9.98. The summed E-state index contributed by atoms with van der Waals surface area (Å²) in [5.41, 5.74) is 3.02. The minimum Gasteiger partial charge on any atom is -0.351 e. The number of hydrogen-bond donors (Lipinski definition) is 1. The van der Waals surface area contributed by atoms with Crippen LogP contribution in [0.5, 0.6) is 0 Å². The van der Waals surface area contributed by atoms with E-state index >= 15 is 0 Å². The number of nitrogens with one attached hydrogen (secondary N) is 1. The quantitative estimate of drug-likeness (QED) is 0.723. The molecular weight excluding hydrogens is 336 g/mol. The normalized spacial score (nSPS) is 13.8. The lowest BCUT2D eigenvalue weighted by molar-refractivity contribution is 0.0951. The summed E-state index contributed by atoms with van der Waals surface area (Å²) in [4.78, 5) is 12.5. The van der Waals surface area contributed by atoms with Crippen molar-refractivity contribution in [3.05, 3.63) is 58.8 Å². The van der Waals surface area contributed by atoms with Gasteiger partial charge in [-0.1, -0.05) is 0 Å². The molecule has 0 atom stereocenters. The van der Waals surface area contributed by atoms with Crippen molar-refractivity contribution in [1.29, 1.82) is 5.26 Å². The fraction of sp³-hybridized carbons (Fsp3) is 0.200. The molecule has 6 heteroatoms. The highest BCUT2D eigenvalue weighted by Crippen LogP contribution is 2.37. The highest BCUT2D eigenvalue weighted by Gasteiger charge is 2.25. The molecule has 3 aromatic rings. The van der Waals surface area contributed by atoms with Crippen molar-refractivity contribution in [3.63, 3.8) is 0 Å². The van der Waals surface area contributed by atoms with Crippen molar-refractivity contribution in [2.24, 2.45) is 0 Å². The number of carbonyl (C=O) groups excluding carboxylic acids is 1. The SMILES string of the molecule is Cc1c2n(c3c(-c4ccc(F)cc4F)cc(C#N)cc13)CCCNC2=O. The van der Waals surface area contributed by atoms with Crippen LogP contribution in [0, 0.1) is 29.9 Å². The second kappa shape index (κ2) is 5.95. The first-order valence-electron chi connectivity index (χ1n) is 8.32. The van der Waals surface area contributed by atoms with Crippen LogP contribution in [-0.2, 0) is 6.54 Å². The monoisotopic (exact) mass is 351 g/mol. The molecule has 1 amide bonds. The standard InChI is InChI=1S/C20H15F2N3O/c1-11-15-7-12(10-23)8-16(14-4-3-13(21)9-17(14)22)19(15)25-6-2-5-24-20(26)18(11)25/h3-4,7-9H,2,5-6H2,1H3,(H,24,26). The number of aryl methyl sites for hydroxylation is 2. The van der Waals surface area contributed by atoms with E-state index in [1.807, 2.05) is 11.5 Å². The van der Waals surface area contributed by atoms with E-state index in [9.17, 15) is 18.8 Å². The molecule has 2 heterocycles. The Hall–Kier alpha value is -3.20. The maximum Gasteiger partial charge on any atom is 0.268 e. The van der Waals surface area contributed by atoms with E-state index in [0.717, 1.165) is 23.4 Å². The zero-order valence-corrected chi connectivity index (χ0v) is 14.1. The van der Waals surface area contributed by atoms with E-state index < -0.39 is 11.6 Å². The number of nitriles is 1. The molecule has 1 aliphatic heterocycles. The maximum atomic E-state index is 14.5. The number of nitrogens with zero attached hydrogens (tertiary/aromatic N) is 2. The maximum absolute atomic E-state index is 14.5. The largest absolute Gasteiger partial charge is 0.351 e. The summed E-state index contributed by atoms with van der Waals surface area (Å²) in [5.74, 6) is -1.55. The van der Waals surface area contributed by atoms with Gasteiger partial charge >= 0.3 is 0 Å². The minimum atomic E-state index is -0.701. The second-order valence-corrected chi connectivity index (χ2v) is 6.39. The van der Waals surface area contributed by atoms with Crippen molar-refractivity contribution in [3.8, 4) is 17.2 Å². The molecule has 0 spiro atoms. The Kier molecular flexibility index (Phi) is 3.73. The van der Waals surface area contributed by atoms with Gasteiger partial charge in [-0.05, 0) is 43.2 Å². The molecule has 0 saturated carbocycles. The van der Waals surface area contributed by atoms with Crippen molar-refractivity contribution < 1.29 is 13.6 Å². The third-order valence-electron chi connectivity index (χ3n) is 4.82. The van der Waals surface area contributed by atoms with Crippen LogP contribution in [0.25, 0.3) is 22.0 Å². The van der Waals surface area contributed by atoms with Crippen LogP contribution < -0.4 is 5.32 Å². The summed E-state index contributed by atoms with van der Waals surface area (Å²) in [5, 5.41) is 13.0. The molecule has 0 saturated heterocycles. The number of aromatic nitrogens is 1. The molecule has 0 radical (unpaired) electrons. The highest BCUT2D eigenvalue weighted by atomic mass is 19.1. The van der Waals surface area contributed by atoms with Crippen LogP contribution in [-0.4, -0.2) is 17.0 Å². The molecule has 1 aliphatic rings. The predicted octanol–water partition coefficient (Wildman–Crippen LogP) is 3.90. The average molecular weight is 351 g/mol. The van der Waals surface area contributed by atoms with E-state index in [2.05, 4.69) is 11.4 Å². The highest BCUT2D eigenvalue weighted by molar-refractivity contribution is 6.06. The molecule has 1 N–H and O–H groups in total. The summed E-state index contributed by atoms with van der Waals surface area (Å²) in [6, 6.07) is 8.77. The van der Waals surface area contributed by atoms with Gasteiger partial charge in [-0.15, -0.1) is 0 Å². The van der Waals surface area contributed by atoms with Crippen molar-refractivity contribution >= 4 is 16.8 Å². The summed E-state index contributed by atoms with van der Waals surface area (Å²) >= 11 is 0. The number of fused-ring (bicyclic) bond motifs is 3. The first kappa shape index (κ1) is 16.3. The van der Waals surface area contributed by atoms with Gasteiger partial charge in [0.05, 0.1) is 17.1 Å². The lowest BCUT2D eigenvalue weighted by Gasteiger charge is -2.11. The van der Waals surface area contributed by atoms with Gasteiger partial charge in [0.1, 0.15) is 17.3 Å². The number of carbonyl (C=O) groups is 1. The third-order valence-corrected chi connectivity index (χ3v) is 4.82. The smallest absolute Gasteiger partial charge is 0.268 e. The van der Waals surface area contributed by atoms with Crippen molar-refractivity contribution in [2.45, 2.75) is 19.9 Å². The molecule has 0 aliphatic carbocycles. The Bertz CT molecular complexity index is 1110. The van der Waals surface area contributed by atoms with Gasteiger partial charge in [0, 0.05) is 35.7 Å². The van der Waals surface area contributed by atoms with Crippen LogP contribution in [0.4, 0.5) is 8.78 Å².